The highest BCUT2D eigenvalue weighted by molar-refractivity contribution is 5.63. The molecule has 0 bridgehead atoms. The number of fused-ring (bicyclic) bond motifs is 1. The fourth-order valence-electron chi connectivity index (χ4n) is 3.70. The average Bonchev–Trinajstić information content (AvgIpc) is 2.63. The van der Waals surface area contributed by atoms with Gasteiger partial charge < -0.3 is 0 Å². The van der Waals surface area contributed by atoms with Crippen molar-refractivity contribution in [2.24, 2.45) is 0 Å². The van der Waals surface area contributed by atoms with E-state index in [4.69, 9.17) is 4.98 Å². The number of benzene rings is 1. The summed E-state index contributed by atoms with van der Waals surface area (Å²) in [6, 6.07) is 15.3. The Hall–Kier alpha value is -1.93. The molecule has 2 heteroatoms. The maximum atomic E-state index is 4.98. The van der Waals surface area contributed by atoms with Gasteiger partial charge in [0.25, 0.3) is 0 Å². The average molecular weight is 304 g/mol. The lowest BCUT2D eigenvalue weighted by molar-refractivity contribution is 0.243. The van der Waals surface area contributed by atoms with E-state index in [1.165, 1.54) is 53.8 Å². The summed E-state index contributed by atoms with van der Waals surface area (Å²) in [6.07, 6.45) is 8.54. The van der Waals surface area contributed by atoms with E-state index in [0.29, 0.717) is 0 Å². The molecule has 0 saturated heterocycles. The summed E-state index contributed by atoms with van der Waals surface area (Å²) in [4.78, 5) is 7.51. The van der Waals surface area contributed by atoms with Gasteiger partial charge in [0.15, 0.2) is 0 Å². The zero-order valence-corrected chi connectivity index (χ0v) is 13.7. The van der Waals surface area contributed by atoms with Gasteiger partial charge >= 0.3 is 0 Å². The monoisotopic (exact) mass is 304 g/mol. The molecule has 1 aromatic heterocycles. The van der Waals surface area contributed by atoms with Crippen LogP contribution in [0, 0.1) is 0 Å². The molecule has 0 saturated carbocycles. The van der Waals surface area contributed by atoms with E-state index in [-0.39, 0.29) is 0 Å². The molecule has 0 unspecified atom stereocenters. The molecule has 0 radical (unpaired) electrons. The Morgan fingerprint density at radius 1 is 0.957 bits per heavy atom. The summed E-state index contributed by atoms with van der Waals surface area (Å²) >= 11 is 0. The summed E-state index contributed by atoms with van der Waals surface area (Å²) in [6.45, 7) is 3.17. The fourth-order valence-corrected chi connectivity index (χ4v) is 3.70. The van der Waals surface area contributed by atoms with Crippen LogP contribution >= 0.6 is 0 Å². The van der Waals surface area contributed by atoms with Crippen LogP contribution in [0.4, 0.5) is 0 Å². The molecule has 1 aromatic carbocycles. The van der Waals surface area contributed by atoms with E-state index in [2.05, 4.69) is 53.4 Å². The molecule has 2 nitrogen and oxygen atoms in total. The van der Waals surface area contributed by atoms with E-state index in [9.17, 15) is 0 Å². The van der Waals surface area contributed by atoms with E-state index in [1.807, 2.05) is 0 Å². The fraction of sp³-hybridized carbons (Fsp3) is 0.381. The second-order valence-electron chi connectivity index (χ2n) is 6.72. The smallest absolute Gasteiger partial charge is 0.0661 e. The van der Waals surface area contributed by atoms with Crippen LogP contribution in [0.1, 0.15) is 48.2 Å². The van der Waals surface area contributed by atoms with E-state index >= 15 is 0 Å². The van der Waals surface area contributed by atoms with Crippen LogP contribution in [0.15, 0.2) is 48.5 Å². The first-order valence-corrected chi connectivity index (χ1v) is 8.83. The molecular weight excluding hydrogens is 280 g/mol. The van der Waals surface area contributed by atoms with Crippen molar-refractivity contribution in [2.75, 3.05) is 6.54 Å². The topological polar surface area (TPSA) is 16.1 Å². The van der Waals surface area contributed by atoms with E-state index in [0.717, 1.165) is 26.1 Å². The van der Waals surface area contributed by atoms with E-state index in [1.54, 1.807) is 0 Å². The van der Waals surface area contributed by atoms with Gasteiger partial charge in [-0.1, -0.05) is 42.5 Å². The van der Waals surface area contributed by atoms with E-state index < -0.39 is 0 Å². The number of hydrogen-bond donors (Lipinski definition) is 0. The highest BCUT2D eigenvalue weighted by Gasteiger charge is 2.18. The lowest BCUT2D eigenvalue weighted by atomic mass is 9.95. The standard InChI is InChI=1S/C21H24N2/c1-3-7-17(8-4-1)15-23-14-13-21-19(16-23)11-12-20(22-21)18-9-5-2-6-10-18/h1,3-4,7-9,11-12H,2,5-6,10,13-16H2. The Morgan fingerprint density at radius 3 is 2.70 bits per heavy atom. The predicted octanol–water partition coefficient (Wildman–Crippen LogP) is 4.60. The van der Waals surface area contributed by atoms with Gasteiger partial charge in [-0.3, -0.25) is 9.88 Å². The maximum Gasteiger partial charge on any atom is 0.0661 e. The molecule has 0 fully saturated rings. The Balaban J connectivity index is 1.49. The van der Waals surface area contributed by atoms with Crippen LogP contribution in [0.25, 0.3) is 5.57 Å². The first-order chi connectivity index (χ1) is 11.4. The molecule has 0 amide bonds. The third-order valence-corrected chi connectivity index (χ3v) is 5.00. The van der Waals surface area contributed by atoms with Gasteiger partial charge in [-0.25, -0.2) is 0 Å². The second-order valence-corrected chi connectivity index (χ2v) is 6.72. The third kappa shape index (κ3) is 3.37. The van der Waals surface area contributed by atoms with Gasteiger partial charge in [0.05, 0.1) is 5.69 Å². The lowest BCUT2D eigenvalue weighted by Gasteiger charge is -2.28. The van der Waals surface area contributed by atoms with Crippen LogP contribution in [-0.2, 0) is 19.5 Å². The predicted molar refractivity (Wildman–Crippen MR) is 94.9 cm³/mol. The summed E-state index contributed by atoms with van der Waals surface area (Å²) in [5.41, 5.74) is 6.81. The molecule has 23 heavy (non-hydrogen) atoms. The Bertz CT molecular complexity index is 703. The largest absolute Gasteiger partial charge is 0.294 e. The SMILES string of the molecule is C1=C(c2ccc3c(n2)CCN(Cc2ccccc2)C3)CCCC1. The van der Waals surface area contributed by atoms with Gasteiger partial charge in [0, 0.05) is 31.7 Å². The highest BCUT2D eigenvalue weighted by Crippen LogP contribution is 2.27. The molecule has 0 N–H and O–H groups in total. The van der Waals surface area contributed by atoms with Crippen molar-refractivity contribution >= 4 is 5.57 Å². The van der Waals surface area contributed by atoms with Crippen LogP contribution < -0.4 is 0 Å². The van der Waals surface area contributed by atoms with Crippen molar-refractivity contribution < 1.29 is 0 Å². The maximum absolute atomic E-state index is 4.98. The zero-order valence-electron chi connectivity index (χ0n) is 13.7. The summed E-state index contributed by atoms with van der Waals surface area (Å²) in [5, 5.41) is 0. The Kier molecular flexibility index (Phi) is 4.25. The number of rotatable bonds is 3. The molecular formula is C21H24N2. The molecule has 0 spiro atoms. The molecule has 2 aromatic rings. The molecule has 2 aliphatic rings. The van der Waals surface area contributed by atoms with Crippen LogP contribution in [0.3, 0.4) is 0 Å². The van der Waals surface area contributed by atoms with Crippen molar-refractivity contribution in [1.29, 1.82) is 0 Å². The van der Waals surface area contributed by atoms with Crippen LogP contribution in [-0.4, -0.2) is 16.4 Å². The normalized spacial score (nSPS) is 18.3. The van der Waals surface area contributed by atoms with Gasteiger partial charge in [0.1, 0.15) is 0 Å². The Labute approximate surface area is 138 Å². The molecule has 0 atom stereocenters. The van der Waals surface area contributed by atoms with Gasteiger partial charge in [-0.15, -0.1) is 0 Å². The minimum Gasteiger partial charge on any atom is -0.294 e. The van der Waals surface area contributed by atoms with Crippen molar-refractivity contribution in [3.05, 3.63) is 71.1 Å². The van der Waals surface area contributed by atoms with Crippen LogP contribution in [0.2, 0.25) is 0 Å². The highest BCUT2D eigenvalue weighted by atomic mass is 15.1. The minimum absolute atomic E-state index is 1.02. The van der Waals surface area contributed by atoms with Crippen LogP contribution in [0.5, 0.6) is 0 Å². The summed E-state index contributed by atoms with van der Waals surface area (Å²) in [7, 11) is 0. The number of nitrogens with zero attached hydrogens (tertiary/aromatic N) is 2. The zero-order chi connectivity index (χ0) is 15.5. The molecule has 118 valence electrons. The summed E-state index contributed by atoms with van der Waals surface area (Å²) in [5.74, 6) is 0. The van der Waals surface area contributed by atoms with Gasteiger partial charge in [-0.2, -0.15) is 0 Å². The van der Waals surface area contributed by atoms with Crippen molar-refractivity contribution in [2.45, 2.75) is 45.2 Å². The van der Waals surface area contributed by atoms with Crippen molar-refractivity contribution in [1.82, 2.24) is 9.88 Å². The number of pyridine rings is 1. The first-order valence-electron chi connectivity index (χ1n) is 8.83. The lowest BCUT2D eigenvalue weighted by Crippen LogP contribution is -2.30. The third-order valence-electron chi connectivity index (χ3n) is 5.00. The van der Waals surface area contributed by atoms with Gasteiger partial charge in [0.2, 0.25) is 0 Å². The second kappa shape index (κ2) is 6.67. The van der Waals surface area contributed by atoms with Crippen molar-refractivity contribution in [3.8, 4) is 0 Å². The van der Waals surface area contributed by atoms with Crippen molar-refractivity contribution in [3.63, 3.8) is 0 Å². The molecule has 4 rings (SSSR count). The molecule has 2 heterocycles. The minimum atomic E-state index is 1.02. The summed E-state index contributed by atoms with van der Waals surface area (Å²) < 4.78 is 0. The first kappa shape index (κ1) is 14.6. The number of allylic oxidation sites excluding steroid dienone is 2. The number of hydrogen-bond acceptors (Lipinski definition) is 2. The van der Waals surface area contributed by atoms with Gasteiger partial charge in [-0.05, 0) is 48.4 Å². The molecule has 1 aliphatic heterocycles. The number of aromatic nitrogens is 1. The Morgan fingerprint density at radius 2 is 1.87 bits per heavy atom. The molecule has 1 aliphatic carbocycles. The quantitative estimate of drug-likeness (QED) is 0.824.